The number of aromatic carboxylic acids is 1. The van der Waals surface area contributed by atoms with Gasteiger partial charge in [0.05, 0.1) is 30.3 Å². The molecule has 2 amide bonds. The van der Waals surface area contributed by atoms with E-state index in [2.05, 4.69) is 34.4 Å². The first kappa shape index (κ1) is 65.1. The molecule has 6 aromatic rings. The zero-order chi connectivity index (χ0) is 64.6. The summed E-state index contributed by atoms with van der Waals surface area (Å²) in [5, 5.41) is 62.8. The van der Waals surface area contributed by atoms with Crippen LogP contribution in [-0.4, -0.2) is 177 Å². The number of aliphatic hydroxyl groups excluding tert-OH is 3. The van der Waals surface area contributed by atoms with E-state index in [1.165, 1.54) is 22.3 Å². The number of hydrogen-bond acceptors (Lipinski definition) is 20. The number of carbonyl (C=O) groups is 4. The smallest absolute Gasteiger partial charge is 0.410 e. The molecule has 4 aliphatic carbocycles. The average molecular weight is 1290 g/mol. The van der Waals surface area contributed by atoms with E-state index in [-0.39, 0.29) is 66.3 Å². The van der Waals surface area contributed by atoms with Crippen LogP contribution in [0.5, 0.6) is 5.75 Å². The number of thiazole rings is 1. The number of nitrogens with zero attached hydrogens (tertiary/aromatic N) is 7. The Balaban J connectivity index is 0.744. The van der Waals surface area contributed by atoms with Gasteiger partial charge in [-0.3, -0.25) is 19.4 Å². The van der Waals surface area contributed by atoms with Gasteiger partial charge in [0.1, 0.15) is 46.8 Å². The van der Waals surface area contributed by atoms with Crippen molar-refractivity contribution >= 4 is 75.9 Å². The number of aliphatic hydroxyl groups is 3. The number of nitrogens with two attached hydrogens (primary N) is 1. The van der Waals surface area contributed by atoms with Gasteiger partial charge in [0, 0.05) is 67.8 Å². The van der Waals surface area contributed by atoms with Crippen LogP contribution in [0, 0.1) is 23.2 Å². The quantitative estimate of drug-likeness (QED) is 0.0211. The summed E-state index contributed by atoms with van der Waals surface area (Å²) in [6.45, 7) is 8.85. The minimum atomic E-state index is -4.39. The molecule has 6 heterocycles. The van der Waals surface area contributed by atoms with E-state index in [0.29, 0.717) is 94.8 Å². The van der Waals surface area contributed by atoms with Gasteiger partial charge in [0.25, 0.3) is 5.91 Å². The number of aromatic nitrogens is 5. The van der Waals surface area contributed by atoms with E-state index in [4.69, 9.17) is 34.8 Å². The van der Waals surface area contributed by atoms with Crippen LogP contribution in [0.3, 0.4) is 0 Å². The van der Waals surface area contributed by atoms with Gasteiger partial charge in [-0.2, -0.15) is 5.10 Å². The summed E-state index contributed by atoms with van der Waals surface area (Å²) < 4.78 is 37.8. The number of hydrogen-bond donors (Lipinski definition) is 10. The largest absolute Gasteiger partial charge is 0.479 e. The number of benzene rings is 2. The molecule has 4 bridgehead atoms. The lowest BCUT2D eigenvalue weighted by atomic mass is 9.39. The summed E-state index contributed by atoms with van der Waals surface area (Å²) in [6.07, 6.45) is 2.87. The van der Waals surface area contributed by atoms with Gasteiger partial charge < -0.3 is 75.1 Å². The van der Waals surface area contributed by atoms with Crippen molar-refractivity contribution < 1.29 is 78.0 Å². The molecule has 12 rings (SSSR count). The molecular weight excluding hydrogens is 1220 g/mol. The number of pyridine rings is 2. The lowest BCUT2D eigenvalue weighted by Crippen LogP contribution is -2.64. The maximum atomic E-state index is 13.8. The molecule has 0 radical (unpaired) electrons. The Morgan fingerprint density at radius 2 is 1.71 bits per heavy atom. The highest BCUT2D eigenvalue weighted by molar-refractivity contribution is 7.51. The van der Waals surface area contributed by atoms with Crippen LogP contribution in [0.15, 0.2) is 79.1 Å². The van der Waals surface area contributed by atoms with E-state index in [9.17, 15) is 59.1 Å². The second-order valence-corrected chi connectivity index (χ2v) is 28.4. The number of carboxylic acid groups (broad SMARTS) is 2. The van der Waals surface area contributed by atoms with E-state index >= 15 is 0 Å². The first-order chi connectivity index (χ1) is 43.3. The number of carboxylic acids is 2. The normalized spacial score (nSPS) is 26.0. The highest BCUT2D eigenvalue weighted by Crippen LogP contribution is 2.72. The van der Waals surface area contributed by atoms with Crippen LogP contribution in [-0.2, 0) is 43.1 Å². The number of fused-ring (bicyclic) bond motifs is 2. The fourth-order valence-electron chi connectivity index (χ4n) is 15.3. The number of rotatable bonds is 25. The number of amides is 2. The van der Waals surface area contributed by atoms with Crippen molar-refractivity contribution in [2.24, 2.45) is 22.0 Å². The second-order valence-electron chi connectivity index (χ2n) is 25.7. The molecule has 4 saturated carbocycles. The first-order valence-electron chi connectivity index (χ1n) is 30.4. The summed E-state index contributed by atoms with van der Waals surface area (Å²) >= 11 is 1.29. The fourth-order valence-corrected chi connectivity index (χ4v) is 16.7. The predicted molar refractivity (Wildman–Crippen MR) is 336 cm³/mol. The molecule has 6 aliphatic rings. The molecule has 7 atom stereocenters. The SMILES string of the molecule is Cc1c(-c2ccc(N3CCc4cccc(C(=O)Nc5nc6cccnc6s5)c4C3)nc2C(=O)O)cnn1CC12CC3(C)CC(C)(C1)CC(OCCN(CCCP(=O)(O)O)C(=O)OC/C=C/c1ccc(O[C@@H]4O[C@H](C(=O)O)[C@@H](O)[C@H](O)[C@H]4O)c(NCCCN)c1)(C3)C2. The third kappa shape index (κ3) is 14.5. The molecule has 28 heteroatoms. The van der Waals surface area contributed by atoms with Crippen molar-refractivity contribution in [1.29, 1.82) is 0 Å². The third-order valence-electron chi connectivity index (χ3n) is 18.1. The Labute approximate surface area is 528 Å². The summed E-state index contributed by atoms with van der Waals surface area (Å²) in [4.78, 5) is 89.6. The molecule has 5 fully saturated rings. The molecule has 1 saturated heterocycles. The minimum absolute atomic E-state index is 0.00664. The molecule has 91 heavy (non-hydrogen) atoms. The summed E-state index contributed by atoms with van der Waals surface area (Å²) in [5.41, 5.74) is 10.6. The topological polar surface area (TPSA) is 377 Å². The summed E-state index contributed by atoms with van der Waals surface area (Å²) in [6, 6.07) is 17.8. The molecule has 11 N–H and O–H groups in total. The highest BCUT2D eigenvalue weighted by Gasteiger charge is 2.66. The Kier molecular flexibility index (Phi) is 18.8. The standard InChI is InChI=1S/C63H77N10O16PS/c1-37-42(40-14-16-47(69-48(40)55(78)79)72-22-17-39-10-4-11-41(43(39)29-72)53(77)70-58-68-44-12-5-19-66-54(44)91-58)28-67-73(37)36-62-31-60(2)30-61(3,32-62)34-63(33-60,35-62)87-25-23-71(21-8-26-90(83,84)85)59(82)86-24-6-9-38-13-15-46(45(27-38)65-20-7-18-64)88-57-51(76)49(74)50(75)52(89-57)56(80)81/h4-6,9-16,19,27-28,49-52,57,65,74-76H,7-8,17-18,20-26,29-36,64H2,1-3H3,(H,78,79)(H,80,81)(H,68,70,77)(H2,83,84,85)/b9-6+/t49-,50-,51+,52-,57+,60?,61?,62?,63?/m0/s1. The zero-order valence-corrected chi connectivity index (χ0v) is 52.5. The average Bonchev–Trinajstić information content (AvgIpc) is 0.841. The lowest BCUT2D eigenvalue weighted by Gasteiger charge is -2.69. The lowest BCUT2D eigenvalue weighted by molar-refractivity contribution is -0.271. The van der Waals surface area contributed by atoms with Crippen LogP contribution < -0.4 is 26.0 Å². The molecule has 2 aromatic carbocycles. The van der Waals surface area contributed by atoms with Crippen molar-refractivity contribution in [3.63, 3.8) is 0 Å². The number of anilines is 3. The Morgan fingerprint density at radius 3 is 2.45 bits per heavy atom. The Bertz CT molecular complexity index is 3750. The van der Waals surface area contributed by atoms with E-state index < -0.39 is 68.1 Å². The number of ether oxygens (including phenoxy) is 4. The van der Waals surface area contributed by atoms with Crippen LogP contribution in [0.2, 0.25) is 0 Å². The van der Waals surface area contributed by atoms with Crippen LogP contribution >= 0.6 is 18.9 Å². The van der Waals surface area contributed by atoms with E-state index in [0.717, 1.165) is 55.3 Å². The number of nitrogens with one attached hydrogen (secondary N) is 2. The number of aliphatic carboxylic acids is 1. The molecule has 26 nitrogen and oxygen atoms in total. The van der Waals surface area contributed by atoms with Crippen molar-refractivity contribution in [1.82, 2.24) is 29.6 Å². The summed E-state index contributed by atoms with van der Waals surface area (Å²) in [5.74, 6) is -2.44. The molecule has 4 aromatic heterocycles. The van der Waals surface area contributed by atoms with E-state index in [1.54, 1.807) is 54.9 Å². The monoisotopic (exact) mass is 1290 g/mol. The third-order valence-corrected chi connectivity index (χ3v) is 19.9. The zero-order valence-electron chi connectivity index (χ0n) is 50.8. The maximum Gasteiger partial charge on any atom is 0.410 e. The van der Waals surface area contributed by atoms with Gasteiger partial charge in [0.15, 0.2) is 16.9 Å². The van der Waals surface area contributed by atoms with Crippen molar-refractivity contribution in [3.8, 4) is 16.9 Å². The molecule has 0 spiro atoms. The minimum Gasteiger partial charge on any atom is -0.479 e. The molecule has 486 valence electrons. The van der Waals surface area contributed by atoms with Crippen molar-refractivity contribution in [3.05, 3.63) is 113 Å². The van der Waals surface area contributed by atoms with Gasteiger partial charge in [-0.05, 0) is 153 Å². The fraction of sp³-hybridized carbons (Fsp3) is 0.492. The van der Waals surface area contributed by atoms with Gasteiger partial charge in [-0.1, -0.05) is 49.5 Å². The first-order valence-corrected chi connectivity index (χ1v) is 33.0. The maximum absolute atomic E-state index is 13.8. The van der Waals surface area contributed by atoms with Crippen LogP contribution in [0.25, 0.3) is 27.6 Å². The highest BCUT2D eigenvalue weighted by atomic mass is 32.1. The Hall–Kier alpha value is -7.43. The summed E-state index contributed by atoms with van der Waals surface area (Å²) in [7, 11) is -4.39. The van der Waals surface area contributed by atoms with Crippen LogP contribution in [0.4, 0.5) is 21.4 Å². The van der Waals surface area contributed by atoms with Crippen LogP contribution in [0.1, 0.15) is 108 Å². The molecule has 2 unspecified atom stereocenters. The van der Waals surface area contributed by atoms with Crippen molar-refractivity contribution in [2.75, 3.05) is 67.6 Å². The predicted octanol–water partition coefficient (Wildman–Crippen LogP) is 6.66. The van der Waals surface area contributed by atoms with Gasteiger partial charge >= 0.3 is 25.6 Å². The van der Waals surface area contributed by atoms with Gasteiger partial charge in [-0.25, -0.2) is 29.3 Å². The van der Waals surface area contributed by atoms with E-state index in [1.807, 2.05) is 40.8 Å². The van der Waals surface area contributed by atoms with Crippen molar-refractivity contribution in [2.45, 2.75) is 128 Å². The molecular formula is C63H77N10O16PS. The molecule has 2 aliphatic heterocycles. The Morgan fingerprint density at radius 1 is 0.923 bits per heavy atom. The van der Waals surface area contributed by atoms with Gasteiger partial charge in [-0.15, -0.1) is 0 Å². The van der Waals surface area contributed by atoms with Gasteiger partial charge in [0.2, 0.25) is 6.29 Å². The second kappa shape index (κ2) is 26.3. The number of carbonyl (C=O) groups excluding carboxylic acids is 2.